The van der Waals surface area contributed by atoms with Crippen LogP contribution in [0.25, 0.3) is 22.3 Å². The van der Waals surface area contributed by atoms with Gasteiger partial charge in [-0.15, -0.1) is 0 Å². The summed E-state index contributed by atoms with van der Waals surface area (Å²) in [5.74, 6) is -0.920. The van der Waals surface area contributed by atoms with Crippen LogP contribution in [0.15, 0.2) is 42.7 Å². The summed E-state index contributed by atoms with van der Waals surface area (Å²) in [4.78, 5) is 28.5. The zero-order valence-corrected chi connectivity index (χ0v) is 19.1. The second-order valence-electron chi connectivity index (χ2n) is 8.41. The molecule has 0 radical (unpaired) electrons. The molecule has 2 fully saturated rings. The Morgan fingerprint density at radius 1 is 1.14 bits per heavy atom. The fraction of sp³-hybridized carbons (Fsp3) is 0.417. The van der Waals surface area contributed by atoms with E-state index < -0.39 is 18.4 Å². The number of amides is 1. The van der Waals surface area contributed by atoms with Crippen molar-refractivity contribution in [2.45, 2.75) is 12.5 Å². The highest BCUT2D eigenvalue weighted by Crippen LogP contribution is 2.28. The third-order valence-electron chi connectivity index (χ3n) is 6.11. The lowest BCUT2D eigenvalue weighted by molar-refractivity contribution is -0.151. The predicted octanol–water partition coefficient (Wildman–Crippen LogP) is 1.97. The van der Waals surface area contributed by atoms with Crippen molar-refractivity contribution < 1.29 is 23.0 Å². The molecule has 0 bridgehead atoms. The van der Waals surface area contributed by atoms with Crippen LogP contribution in [0.3, 0.4) is 0 Å². The van der Waals surface area contributed by atoms with Gasteiger partial charge in [0.15, 0.2) is 5.52 Å². The molecule has 0 unspecified atom stereocenters. The van der Waals surface area contributed by atoms with Crippen LogP contribution in [0.2, 0.25) is 0 Å². The number of piperazine rings is 1. The molecule has 1 atom stereocenters. The smallest absolute Gasteiger partial charge is 0.315 e. The number of carbonyl (C=O) groups excluding carboxylic acids is 1. The van der Waals surface area contributed by atoms with E-state index in [1.165, 1.54) is 0 Å². The lowest BCUT2D eigenvalue weighted by Gasteiger charge is -2.32. The molecule has 1 N–H and O–H groups in total. The quantitative estimate of drug-likeness (QED) is 0.568. The van der Waals surface area contributed by atoms with E-state index in [2.05, 4.69) is 37.3 Å². The minimum absolute atomic E-state index is 0.0277. The number of rotatable bonds is 6. The van der Waals surface area contributed by atoms with E-state index in [-0.39, 0.29) is 32.2 Å². The minimum Gasteiger partial charge on any atom is -0.473 e. The molecule has 2 aliphatic heterocycles. The average molecular weight is 485 g/mol. The standard InChI is InChI=1S/C24H26F2N6O3/c25-22(26)24(33)32-11-12-34-18(14-32)15-35-23-21-20(28-5-6-29-21)13-19(30-23)16-1-3-17(4-2-16)31-9-7-27-8-10-31/h1-6,13,18,22,27H,7-12,14-15H2/t18-/m0/s1. The number of ether oxygens (including phenoxy) is 2. The predicted molar refractivity (Wildman–Crippen MR) is 126 cm³/mol. The lowest BCUT2D eigenvalue weighted by Crippen LogP contribution is -2.49. The molecule has 3 aromatic rings. The molecule has 5 rings (SSSR count). The Kier molecular flexibility index (Phi) is 6.96. The highest BCUT2D eigenvalue weighted by Gasteiger charge is 2.29. The van der Waals surface area contributed by atoms with E-state index in [1.807, 2.05) is 18.2 Å². The highest BCUT2D eigenvalue weighted by atomic mass is 19.3. The van der Waals surface area contributed by atoms with E-state index in [9.17, 15) is 13.6 Å². The molecule has 35 heavy (non-hydrogen) atoms. The van der Waals surface area contributed by atoms with E-state index in [1.54, 1.807) is 12.4 Å². The van der Waals surface area contributed by atoms with Gasteiger partial charge in [-0.2, -0.15) is 8.78 Å². The van der Waals surface area contributed by atoms with Crippen molar-refractivity contribution in [2.75, 3.05) is 57.4 Å². The van der Waals surface area contributed by atoms with Crippen molar-refractivity contribution in [1.29, 1.82) is 0 Å². The first kappa shape index (κ1) is 23.3. The van der Waals surface area contributed by atoms with Crippen LogP contribution >= 0.6 is 0 Å². The van der Waals surface area contributed by atoms with Crippen LogP contribution in [0.4, 0.5) is 14.5 Å². The molecule has 0 aliphatic carbocycles. The van der Waals surface area contributed by atoms with Crippen molar-refractivity contribution in [3.8, 4) is 17.1 Å². The van der Waals surface area contributed by atoms with Crippen LogP contribution < -0.4 is 15.0 Å². The Hall–Kier alpha value is -3.44. The number of fused-ring (bicyclic) bond motifs is 1. The Balaban J connectivity index is 1.35. The molecule has 2 saturated heterocycles. The van der Waals surface area contributed by atoms with Crippen LogP contribution in [0.5, 0.6) is 5.88 Å². The second-order valence-corrected chi connectivity index (χ2v) is 8.41. The summed E-state index contributed by atoms with van der Waals surface area (Å²) < 4.78 is 37.2. The Morgan fingerprint density at radius 2 is 1.91 bits per heavy atom. The molecule has 0 spiro atoms. The van der Waals surface area contributed by atoms with E-state index in [0.29, 0.717) is 16.7 Å². The summed E-state index contributed by atoms with van der Waals surface area (Å²) in [6, 6.07) is 10.0. The highest BCUT2D eigenvalue weighted by molar-refractivity contribution is 5.83. The first-order valence-corrected chi connectivity index (χ1v) is 11.6. The fourth-order valence-electron chi connectivity index (χ4n) is 4.29. The van der Waals surface area contributed by atoms with Crippen LogP contribution in [0.1, 0.15) is 0 Å². The van der Waals surface area contributed by atoms with E-state index in [0.717, 1.165) is 42.3 Å². The number of alkyl halides is 2. The molecular formula is C24H26F2N6O3. The van der Waals surface area contributed by atoms with Crippen LogP contribution in [-0.4, -0.2) is 90.8 Å². The number of morpholine rings is 1. The molecule has 2 aromatic heterocycles. The van der Waals surface area contributed by atoms with Crippen LogP contribution in [-0.2, 0) is 9.53 Å². The number of halogens is 2. The molecule has 2 aliphatic rings. The summed E-state index contributed by atoms with van der Waals surface area (Å²) in [7, 11) is 0. The lowest BCUT2D eigenvalue weighted by atomic mass is 10.1. The number of aromatic nitrogens is 3. The van der Waals surface area contributed by atoms with Crippen molar-refractivity contribution in [3.63, 3.8) is 0 Å². The number of anilines is 1. The van der Waals surface area contributed by atoms with Gasteiger partial charge in [0, 0.05) is 56.4 Å². The third kappa shape index (κ3) is 5.30. The molecule has 9 nitrogen and oxygen atoms in total. The van der Waals surface area contributed by atoms with Gasteiger partial charge in [-0.3, -0.25) is 9.78 Å². The van der Waals surface area contributed by atoms with Gasteiger partial charge in [0.25, 0.3) is 5.91 Å². The van der Waals surface area contributed by atoms with Crippen LogP contribution in [0, 0.1) is 0 Å². The van der Waals surface area contributed by atoms with E-state index in [4.69, 9.17) is 9.47 Å². The third-order valence-corrected chi connectivity index (χ3v) is 6.11. The number of pyridine rings is 1. The number of benzene rings is 1. The number of hydrogen-bond acceptors (Lipinski definition) is 8. The summed E-state index contributed by atoms with van der Waals surface area (Å²) in [6.07, 6.45) is -0.437. The normalized spacial score (nSPS) is 18.8. The summed E-state index contributed by atoms with van der Waals surface area (Å²) in [5.41, 5.74) is 3.86. The van der Waals surface area contributed by atoms with Gasteiger partial charge in [0.1, 0.15) is 12.7 Å². The van der Waals surface area contributed by atoms with Gasteiger partial charge in [0.05, 0.1) is 24.4 Å². The second kappa shape index (κ2) is 10.4. The largest absolute Gasteiger partial charge is 0.473 e. The Bertz CT molecular complexity index is 1170. The topological polar surface area (TPSA) is 92.7 Å². The zero-order valence-electron chi connectivity index (χ0n) is 19.1. The Morgan fingerprint density at radius 3 is 2.69 bits per heavy atom. The summed E-state index contributed by atoms with van der Waals surface area (Å²) in [5, 5.41) is 3.35. The average Bonchev–Trinajstić information content (AvgIpc) is 2.92. The van der Waals surface area contributed by atoms with Gasteiger partial charge in [0.2, 0.25) is 5.88 Å². The SMILES string of the molecule is O=C(C(F)F)N1CCO[C@H](COc2nc(-c3ccc(N4CCNCC4)cc3)cc3nccnc23)C1. The van der Waals surface area contributed by atoms with Crippen molar-refractivity contribution >= 4 is 22.6 Å². The summed E-state index contributed by atoms with van der Waals surface area (Å²) in [6.45, 7) is 4.22. The van der Waals surface area contributed by atoms with Gasteiger partial charge in [-0.1, -0.05) is 12.1 Å². The number of carbonyl (C=O) groups is 1. The molecule has 4 heterocycles. The maximum Gasteiger partial charge on any atom is 0.315 e. The van der Waals surface area contributed by atoms with Gasteiger partial charge < -0.3 is 24.6 Å². The number of nitrogens with one attached hydrogen (secondary N) is 1. The maximum absolute atomic E-state index is 12.8. The van der Waals surface area contributed by atoms with Gasteiger partial charge in [-0.25, -0.2) is 9.97 Å². The molecule has 1 aromatic carbocycles. The molecule has 0 saturated carbocycles. The first-order valence-electron chi connectivity index (χ1n) is 11.6. The minimum atomic E-state index is -3.04. The fourth-order valence-corrected chi connectivity index (χ4v) is 4.29. The zero-order chi connectivity index (χ0) is 24.2. The van der Waals surface area contributed by atoms with Crippen molar-refractivity contribution in [3.05, 3.63) is 42.7 Å². The first-order chi connectivity index (χ1) is 17.1. The monoisotopic (exact) mass is 484 g/mol. The van der Waals surface area contributed by atoms with Gasteiger partial charge in [-0.05, 0) is 18.2 Å². The number of nitrogens with zero attached hydrogens (tertiary/aromatic N) is 5. The molecular weight excluding hydrogens is 458 g/mol. The van der Waals surface area contributed by atoms with Gasteiger partial charge >= 0.3 is 6.43 Å². The molecule has 11 heteroatoms. The molecule has 184 valence electrons. The van der Waals surface area contributed by atoms with Crippen molar-refractivity contribution in [2.24, 2.45) is 0 Å². The van der Waals surface area contributed by atoms with Crippen molar-refractivity contribution in [1.82, 2.24) is 25.2 Å². The number of hydrogen-bond donors (Lipinski definition) is 1. The maximum atomic E-state index is 12.8. The Labute approximate surface area is 201 Å². The summed E-state index contributed by atoms with van der Waals surface area (Å²) >= 11 is 0. The molecule has 1 amide bonds. The van der Waals surface area contributed by atoms with E-state index >= 15 is 0 Å².